The van der Waals surface area contributed by atoms with E-state index in [1.165, 1.54) is 0 Å². The number of hydrogen-bond donors (Lipinski definition) is 2. The van der Waals surface area contributed by atoms with Gasteiger partial charge in [0.1, 0.15) is 6.04 Å². The van der Waals surface area contributed by atoms with Crippen LogP contribution in [0.5, 0.6) is 11.5 Å². The fourth-order valence-corrected chi connectivity index (χ4v) is 4.98. The molecule has 8 nitrogen and oxygen atoms in total. The van der Waals surface area contributed by atoms with Crippen molar-refractivity contribution < 1.29 is 23.9 Å². The Bertz CT molecular complexity index is 875. The van der Waals surface area contributed by atoms with Gasteiger partial charge >= 0.3 is 0 Å². The van der Waals surface area contributed by atoms with Gasteiger partial charge in [-0.3, -0.25) is 14.4 Å². The first kappa shape index (κ1) is 23.4. The molecule has 0 radical (unpaired) electrons. The summed E-state index contributed by atoms with van der Waals surface area (Å²) in [6.45, 7) is 5.37. The molecule has 2 fully saturated rings. The molecule has 1 aromatic carbocycles. The minimum Gasteiger partial charge on any atom is -0.454 e. The quantitative estimate of drug-likeness (QED) is 0.656. The van der Waals surface area contributed by atoms with Gasteiger partial charge in [0.15, 0.2) is 11.5 Å². The third-order valence-corrected chi connectivity index (χ3v) is 7.23. The Kier molecular flexibility index (Phi) is 7.40. The second-order valence-electron chi connectivity index (χ2n) is 9.48. The molecule has 1 aliphatic carbocycles. The maximum Gasteiger partial charge on any atom is 0.252 e. The van der Waals surface area contributed by atoms with Gasteiger partial charge in [-0.25, -0.2) is 0 Å². The standard InChI is InChI=1S/C25H35N3O5/c1-3-16(2)26-24(30)22(27-23(29)19-8-9-20-21(14-19)33-15-32-20)17-10-12-28(13-11-17)25(31)18-6-4-5-7-18/h8-9,14,16-18,22H,3-7,10-13,15H2,1-2H3,(H,26,30)(H,27,29). The van der Waals surface area contributed by atoms with E-state index in [-0.39, 0.29) is 42.4 Å². The summed E-state index contributed by atoms with van der Waals surface area (Å²) >= 11 is 0. The molecule has 180 valence electrons. The Balaban J connectivity index is 1.43. The van der Waals surface area contributed by atoms with Crippen molar-refractivity contribution in [1.82, 2.24) is 15.5 Å². The van der Waals surface area contributed by atoms with Crippen LogP contribution in [0.1, 0.15) is 69.2 Å². The second-order valence-corrected chi connectivity index (χ2v) is 9.48. The number of rotatable bonds is 7. The highest BCUT2D eigenvalue weighted by Crippen LogP contribution is 2.33. The summed E-state index contributed by atoms with van der Waals surface area (Å²) in [6.07, 6.45) is 6.45. The molecule has 2 aliphatic heterocycles. The van der Waals surface area contributed by atoms with Crippen molar-refractivity contribution in [3.63, 3.8) is 0 Å². The van der Waals surface area contributed by atoms with Crippen molar-refractivity contribution in [2.45, 2.75) is 70.9 Å². The van der Waals surface area contributed by atoms with Crippen LogP contribution in [0.25, 0.3) is 0 Å². The normalized spacial score (nSPS) is 20.4. The average Bonchev–Trinajstić information content (AvgIpc) is 3.53. The van der Waals surface area contributed by atoms with Gasteiger partial charge in [-0.05, 0) is 63.1 Å². The number of carbonyl (C=O) groups excluding carboxylic acids is 3. The fourth-order valence-electron chi connectivity index (χ4n) is 4.98. The number of likely N-dealkylation sites (tertiary alicyclic amines) is 1. The molecule has 3 aliphatic rings. The lowest BCUT2D eigenvalue weighted by atomic mass is 9.87. The summed E-state index contributed by atoms with van der Waals surface area (Å²) in [6, 6.07) is 4.39. The zero-order valence-corrected chi connectivity index (χ0v) is 19.6. The molecular formula is C25H35N3O5. The number of benzene rings is 1. The maximum absolute atomic E-state index is 13.1. The molecule has 2 atom stereocenters. The van der Waals surface area contributed by atoms with Gasteiger partial charge in [0, 0.05) is 30.6 Å². The molecule has 8 heteroatoms. The number of nitrogens with one attached hydrogen (secondary N) is 2. The summed E-state index contributed by atoms with van der Waals surface area (Å²) in [5, 5.41) is 6.00. The molecular weight excluding hydrogens is 422 g/mol. The summed E-state index contributed by atoms with van der Waals surface area (Å²) in [5.74, 6) is 1.05. The topological polar surface area (TPSA) is 97.0 Å². The molecule has 3 amide bonds. The van der Waals surface area contributed by atoms with E-state index < -0.39 is 6.04 Å². The minimum absolute atomic E-state index is 0.0199. The number of piperidine rings is 1. The molecule has 33 heavy (non-hydrogen) atoms. The van der Waals surface area contributed by atoms with Gasteiger partial charge in [-0.15, -0.1) is 0 Å². The van der Waals surface area contributed by atoms with Crippen LogP contribution in [0.2, 0.25) is 0 Å². The Morgan fingerprint density at radius 1 is 1.03 bits per heavy atom. The smallest absolute Gasteiger partial charge is 0.252 e. The first-order valence-electron chi connectivity index (χ1n) is 12.3. The highest BCUT2D eigenvalue weighted by molar-refractivity contribution is 5.98. The summed E-state index contributed by atoms with van der Waals surface area (Å²) in [5.41, 5.74) is 0.425. The van der Waals surface area contributed by atoms with Crippen molar-refractivity contribution in [2.24, 2.45) is 11.8 Å². The van der Waals surface area contributed by atoms with Crippen molar-refractivity contribution in [2.75, 3.05) is 19.9 Å². The van der Waals surface area contributed by atoms with E-state index in [9.17, 15) is 14.4 Å². The van der Waals surface area contributed by atoms with Crippen LogP contribution in [-0.2, 0) is 9.59 Å². The fraction of sp³-hybridized carbons (Fsp3) is 0.640. The number of ether oxygens (including phenoxy) is 2. The van der Waals surface area contributed by atoms with Gasteiger partial charge in [0.25, 0.3) is 5.91 Å². The molecule has 2 unspecified atom stereocenters. The van der Waals surface area contributed by atoms with Gasteiger partial charge in [-0.2, -0.15) is 0 Å². The van der Waals surface area contributed by atoms with E-state index in [2.05, 4.69) is 10.6 Å². The number of nitrogens with zero attached hydrogens (tertiary/aromatic N) is 1. The van der Waals surface area contributed by atoms with E-state index in [1.54, 1.807) is 18.2 Å². The van der Waals surface area contributed by atoms with E-state index in [0.29, 0.717) is 43.0 Å². The Labute approximate surface area is 195 Å². The van der Waals surface area contributed by atoms with Crippen LogP contribution in [0.4, 0.5) is 0 Å². The Hall–Kier alpha value is -2.77. The van der Waals surface area contributed by atoms with Gasteiger partial charge in [0.2, 0.25) is 18.6 Å². The molecule has 2 heterocycles. The van der Waals surface area contributed by atoms with E-state index in [4.69, 9.17) is 9.47 Å². The molecule has 0 bridgehead atoms. The molecule has 2 N–H and O–H groups in total. The lowest BCUT2D eigenvalue weighted by Crippen LogP contribution is -2.55. The van der Waals surface area contributed by atoms with Crippen LogP contribution >= 0.6 is 0 Å². The average molecular weight is 458 g/mol. The van der Waals surface area contributed by atoms with E-state index >= 15 is 0 Å². The summed E-state index contributed by atoms with van der Waals surface area (Å²) in [7, 11) is 0. The first-order valence-corrected chi connectivity index (χ1v) is 12.3. The van der Waals surface area contributed by atoms with Gasteiger partial charge in [0.05, 0.1) is 0 Å². The largest absolute Gasteiger partial charge is 0.454 e. The Morgan fingerprint density at radius 2 is 1.73 bits per heavy atom. The summed E-state index contributed by atoms with van der Waals surface area (Å²) < 4.78 is 10.7. The maximum atomic E-state index is 13.1. The number of amides is 3. The minimum atomic E-state index is -0.652. The predicted octanol–water partition coefficient (Wildman–Crippen LogP) is 2.86. The van der Waals surface area contributed by atoms with E-state index in [1.807, 2.05) is 18.7 Å². The molecule has 0 spiro atoms. The number of fused-ring (bicyclic) bond motifs is 1. The monoisotopic (exact) mass is 457 g/mol. The van der Waals surface area contributed by atoms with Crippen LogP contribution < -0.4 is 20.1 Å². The van der Waals surface area contributed by atoms with Crippen LogP contribution in [0.3, 0.4) is 0 Å². The van der Waals surface area contributed by atoms with Crippen LogP contribution in [0.15, 0.2) is 18.2 Å². The SMILES string of the molecule is CCC(C)NC(=O)C(NC(=O)c1ccc2c(c1)OCO2)C1CCN(C(=O)C2CCCC2)CC1. The van der Waals surface area contributed by atoms with Crippen LogP contribution in [0, 0.1) is 11.8 Å². The van der Waals surface area contributed by atoms with E-state index in [0.717, 1.165) is 32.1 Å². The van der Waals surface area contributed by atoms with Crippen LogP contribution in [-0.4, -0.2) is 54.6 Å². The van der Waals surface area contributed by atoms with Gasteiger partial charge in [-0.1, -0.05) is 19.8 Å². The predicted molar refractivity (Wildman–Crippen MR) is 123 cm³/mol. The molecule has 0 aromatic heterocycles. The molecule has 1 saturated heterocycles. The third-order valence-electron chi connectivity index (χ3n) is 7.23. The zero-order chi connectivity index (χ0) is 23.4. The molecule has 1 saturated carbocycles. The first-order chi connectivity index (χ1) is 16.0. The van der Waals surface area contributed by atoms with Crippen molar-refractivity contribution >= 4 is 17.7 Å². The number of carbonyl (C=O) groups is 3. The lowest BCUT2D eigenvalue weighted by molar-refractivity contribution is -0.137. The van der Waals surface area contributed by atoms with Crippen molar-refractivity contribution in [3.8, 4) is 11.5 Å². The highest BCUT2D eigenvalue weighted by Gasteiger charge is 2.36. The van der Waals surface area contributed by atoms with Gasteiger partial charge < -0.3 is 25.0 Å². The Morgan fingerprint density at radius 3 is 2.42 bits per heavy atom. The summed E-state index contributed by atoms with van der Waals surface area (Å²) in [4.78, 5) is 41.0. The number of hydrogen-bond acceptors (Lipinski definition) is 5. The van der Waals surface area contributed by atoms with Crippen molar-refractivity contribution in [1.29, 1.82) is 0 Å². The highest BCUT2D eigenvalue weighted by atomic mass is 16.7. The molecule has 4 rings (SSSR count). The third kappa shape index (κ3) is 5.42. The molecule has 1 aromatic rings. The zero-order valence-electron chi connectivity index (χ0n) is 19.6. The lowest BCUT2D eigenvalue weighted by Gasteiger charge is -2.37. The van der Waals surface area contributed by atoms with Crippen molar-refractivity contribution in [3.05, 3.63) is 23.8 Å². The second kappa shape index (κ2) is 10.4.